The lowest BCUT2D eigenvalue weighted by Gasteiger charge is -2.05. The lowest BCUT2D eigenvalue weighted by atomic mass is 10.2. The second-order valence-electron chi connectivity index (χ2n) is 3.05. The van der Waals surface area contributed by atoms with E-state index in [-0.39, 0.29) is 0 Å². The van der Waals surface area contributed by atoms with Gasteiger partial charge in [-0.15, -0.1) is 21.5 Å². The first-order valence-electron chi connectivity index (χ1n) is 4.30. The topological polar surface area (TPSA) is 63.8 Å². The summed E-state index contributed by atoms with van der Waals surface area (Å²) in [5, 5.41) is 23.8. The number of hydrogen-bond donors (Lipinski definition) is 1. The summed E-state index contributed by atoms with van der Waals surface area (Å²) < 4.78 is 0. The fourth-order valence-corrected chi connectivity index (χ4v) is 2.38. The summed E-state index contributed by atoms with van der Waals surface area (Å²) in [6, 6.07) is 1.76. The molecular weight excluding hydrogens is 236 g/mol. The van der Waals surface area contributed by atoms with Crippen LogP contribution in [0.1, 0.15) is 16.8 Å². The van der Waals surface area contributed by atoms with Gasteiger partial charge in [-0.1, -0.05) is 11.6 Å². The highest BCUT2D eigenvalue weighted by Gasteiger charge is 2.16. The molecule has 1 atom stereocenters. The molecule has 2 rings (SSSR count). The van der Waals surface area contributed by atoms with E-state index >= 15 is 0 Å². The van der Waals surface area contributed by atoms with Crippen molar-refractivity contribution in [1.82, 2.24) is 20.2 Å². The standard InChI is InChI=1S/C8H9ClN4OS/c1-13-11-7(10-12-13)4-6(14)8-5(9)2-3-15-8/h2-3,6,14H,4H2,1H3. The number of aliphatic hydroxyl groups excluding tert-OH is 1. The number of nitrogens with zero attached hydrogens (tertiary/aromatic N) is 4. The van der Waals surface area contributed by atoms with Gasteiger partial charge in [0.05, 0.1) is 23.1 Å². The van der Waals surface area contributed by atoms with Gasteiger partial charge < -0.3 is 5.11 Å². The van der Waals surface area contributed by atoms with Crippen LogP contribution in [0, 0.1) is 0 Å². The van der Waals surface area contributed by atoms with Crippen LogP contribution in [0.15, 0.2) is 11.4 Å². The van der Waals surface area contributed by atoms with Crippen molar-refractivity contribution in [3.8, 4) is 0 Å². The smallest absolute Gasteiger partial charge is 0.177 e. The number of aromatic nitrogens is 4. The molecule has 0 aromatic carbocycles. The van der Waals surface area contributed by atoms with E-state index < -0.39 is 6.10 Å². The Bertz CT molecular complexity index is 455. The molecule has 0 radical (unpaired) electrons. The summed E-state index contributed by atoms with van der Waals surface area (Å²) in [7, 11) is 1.68. The van der Waals surface area contributed by atoms with E-state index in [2.05, 4.69) is 15.4 Å². The van der Waals surface area contributed by atoms with Crippen LogP contribution in [0.3, 0.4) is 0 Å². The molecule has 0 aliphatic rings. The van der Waals surface area contributed by atoms with Crippen molar-refractivity contribution in [2.75, 3.05) is 0 Å². The summed E-state index contributed by atoms with van der Waals surface area (Å²) >= 11 is 7.31. The average molecular weight is 245 g/mol. The summed E-state index contributed by atoms with van der Waals surface area (Å²) in [6.07, 6.45) is -0.338. The SMILES string of the molecule is Cn1nnc(CC(O)c2sccc2Cl)n1. The fourth-order valence-electron chi connectivity index (χ4n) is 1.21. The minimum Gasteiger partial charge on any atom is -0.387 e. The lowest BCUT2D eigenvalue weighted by molar-refractivity contribution is 0.179. The van der Waals surface area contributed by atoms with Crippen LogP contribution in [0.4, 0.5) is 0 Å². The first-order valence-corrected chi connectivity index (χ1v) is 5.56. The first-order chi connectivity index (χ1) is 7.16. The van der Waals surface area contributed by atoms with Crippen molar-refractivity contribution in [1.29, 1.82) is 0 Å². The van der Waals surface area contributed by atoms with Crippen LogP contribution in [0.2, 0.25) is 5.02 Å². The van der Waals surface area contributed by atoms with E-state index in [0.29, 0.717) is 17.3 Å². The molecule has 1 unspecified atom stereocenters. The summed E-state index contributed by atoms with van der Waals surface area (Å²) in [4.78, 5) is 2.10. The van der Waals surface area contributed by atoms with E-state index in [1.165, 1.54) is 16.1 Å². The van der Waals surface area contributed by atoms with E-state index in [0.717, 1.165) is 4.88 Å². The summed E-state index contributed by atoms with van der Waals surface area (Å²) in [5.41, 5.74) is 0. The molecule has 2 aromatic heterocycles. The van der Waals surface area contributed by atoms with Gasteiger partial charge in [-0.2, -0.15) is 4.80 Å². The van der Waals surface area contributed by atoms with Crippen molar-refractivity contribution >= 4 is 22.9 Å². The number of halogens is 1. The molecule has 0 amide bonds. The van der Waals surface area contributed by atoms with Crippen LogP contribution in [-0.4, -0.2) is 25.3 Å². The molecule has 2 heterocycles. The minimum atomic E-state index is -0.665. The van der Waals surface area contributed by atoms with Crippen molar-refractivity contribution in [3.05, 3.63) is 27.2 Å². The van der Waals surface area contributed by atoms with Crippen molar-refractivity contribution < 1.29 is 5.11 Å². The third-order valence-corrected chi connectivity index (χ3v) is 3.33. The number of aryl methyl sites for hydroxylation is 1. The van der Waals surface area contributed by atoms with Crippen LogP contribution >= 0.6 is 22.9 Å². The second-order valence-corrected chi connectivity index (χ2v) is 4.40. The molecule has 5 nitrogen and oxygen atoms in total. The quantitative estimate of drug-likeness (QED) is 0.881. The van der Waals surface area contributed by atoms with Gasteiger partial charge in [0.15, 0.2) is 5.82 Å². The van der Waals surface area contributed by atoms with Gasteiger partial charge in [0.2, 0.25) is 0 Å². The maximum absolute atomic E-state index is 9.86. The number of aliphatic hydroxyl groups is 1. The monoisotopic (exact) mass is 244 g/mol. The molecular formula is C8H9ClN4OS. The predicted octanol–water partition coefficient (Wildman–Crippen LogP) is 1.20. The normalized spacial score (nSPS) is 13.0. The molecule has 7 heteroatoms. The molecule has 80 valence electrons. The zero-order valence-corrected chi connectivity index (χ0v) is 9.53. The number of hydrogen-bond acceptors (Lipinski definition) is 5. The van der Waals surface area contributed by atoms with Gasteiger partial charge in [-0.05, 0) is 16.7 Å². The number of tetrazole rings is 1. The molecule has 0 bridgehead atoms. The highest BCUT2D eigenvalue weighted by molar-refractivity contribution is 7.10. The largest absolute Gasteiger partial charge is 0.387 e. The third-order valence-electron chi connectivity index (χ3n) is 1.87. The first kappa shape index (κ1) is 10.5. The Hall–Kier alpha value is -0.980. The highest BCUT2D eigenvalue weighted by Crippen LogP contribution is 2.29. The molecule has 0 saturated heterocycles. The van der Waals surface area contributed by atoms with Gasteiger partial charge in [0.25, 0.3) is 0 Å². The predicted molar refractivity (Wildman–Crippen MR) is 56.8 cm³/mol. The van der Waals surface area contributed by atoms with Gasteiger partial charge in [-0.25, -0.2) is 0 Å². The molecule has 0 saturated carbocycles. The zero-order chi connectivity index (χ0) is 10.8. The molecule has 0 fully saturated rings. The van der Waals surface area contributed by atoms with Crippen LogP contribution < -0.4 is 0 Å². The number of rotatable bonds is 3. The zero-order valence-electron chi connectivity index (χ0n) is 7.96. The van der Waals surface area contributed by atoms with Crippen molar-refractivity contribution in [2.24, 2.45) is 7.05 Å². The Balaban J connectivity index is 2.10. The maximum atomic E-state index is 9.86. The Kier molecular flexibility index (Phi) is 2.99. The van der Waals surface area contributed by atoms with Gasteiger partial charge >= 0.3 is 0 Å². The fraction of sp³-hybridized carbons (Fsp3) is 0.375. The summed E-state index contributed by atoms with van der Waals surface area (Å²) in [6.45, 7) is 0. The molecule has 0 aliphatic heterocycles. The molecule has 1 N–H and O–H groups in total. The van der Waals surface area contributed by atoms with Crippen molar-refractivity contribution in [2.45, 2.75) is 12.5 Å². The van der Waals surface area contributed by atoms with E-state index in [4.69, 9.17) is 11.6 Å². The van der Waals surface area contributed by atoms with Crippen molar-refractivity contribution in [3.63, 3.8) is 0 Å². The molecule has 15 heavy (non-hydrogen) atoms. The average Bonchev–Trinajstić information content (AvgIpc) is 2.75. The summed E-state index contributed by atoms with van der Waals surface area (Å²) in [5.74, 6) is 0.509. The Morgan fingerprint density at radius 2 is 2.47 bits per heavy atom. The minimum absolute atomic E-state index is 0.327. The Labute approximate surface area is 95.3 Å². The Morgan fingerprint density at radius 3 is 3.00 bits per heavy atom. The van der Waals surface area contributed by atoms with Crippen LogP contribution in [-0.2, 0) is 13.5 Å². The lowest BCUT2D eigenvalue weighted by Crippen LogP contribution is -2.02. The Morgan fingerprint density at radius 1 is 1.67 bits per heavy atom. The number of thiophene rings is 1. The molecule has 0 aliphatic carbocycles. The molecule has 2 aromatic rings. The maximum Gasteiger partial charge on any atom is 0.177 e. The van der Waals surface area contributed by atoms with E-state index in [9.17, 15) is 5.11 Å². The van der Waals surface area contributed by atoms with Gasteiger partial charge in [-0.3, -0.25) is 0 Å². The van der Waals surface area contributed by atoms with Gasteiger partial charge in [0.1, 0.15) is 0 Å². The van der Waals surface area contributed by atoms with Gasteiger partial charge in [0, 0.05) is 6.42 Å². The van der Waals surface area contributed by atoms with Crippen LogP contribution in [0.5, 0.6) is 0 Å². The van der Waals surface area contributed by atoms with Crippen LogP contribution in [0.25, 0.3) is 0 Å². The second kappa shape index (κ2) is 4.26. The highest BCUT2D eigenvalue weighted by atomic mass is 35.5. The van der Waals surface area contributed by atoms with E-state index in [1.54, 1.807) is 13.1 Å². The third kappa shape index (κ3) is 2.34. The molecule has 0 spiro atoms. The van der Waals surface area contributed by atoms with E-state index in [1.807, 2.05) is 5.38 Å².